The van der Waals surface area contributed by atoms with Crippen LogP contribution in [0.1, 0.15) is 80.1 Å². The van der Waals surface area contributed by atoms with E-state index in [0.29, 0.717) is 19.4 Å². The molecule has 0 saturated carbocycles. The number of hydrogen-bond acceptors (Lipinski definition) is 10. The highest BCUT2D eigenvalue weighted by molar-refractivity contribution is 6.04. The Kier molecular flexibility index (Phi) is 12.4. The van der Waals surface area contributed by atoms with Crippen LogP contribution >= 0.6 is 0 Å². The normalized spacial score (nSPS) is 37.3. The standard InChI is InChI=1S/C32H57N3O7/c1-21-18-32(6,39-9)28(42-29-26(36)25(34(7)8)17-22(2)41-29)23(3)27(37)31(4,5)30(38)40-20-24(33-19-21)13-12-16-35-14-10-11-15-35/h20-23,25-26,28-29,33,36H,10-19H2,1-9H3/t21-,22-,23+,25+,26-,28-,29+,32-/m1/s1. The molecule has 3 rings (SSSR count). The molecule has 0 aromatic heterocycles. The van der Waals surface area contributed by atoms with Gasteiger partial charge < -0.3 is 39.2 Å². The SMILES string of the molecule is CO[C@]1(C)C[C@@H](C)CNC(CCCN2CCCC2)=COC(=O)C(C)(C)C(=O)[C@H](C)[C@H]1O[C@@H]1O[C@H](C)C[C@H](N(C)C)[C@H]1O. The van der Waals surface area contributed by atoms with Gasteiger partial charge in [-0.05, 0) is 106 Å². The summed E-state index contributed by atoms with van der Waals surface area (Å²) in [5, 5.41) is 14.7. The van der Waals surface area contributed by atoms with Crippen LogP contribution in [0.25, 0.3) is 0 Å². The van der Waals surface area contributed by atoms with Crippen molar-refractivity contribution in [3.63, 3.8) is 0 Å². The maximum absolute atomic E-state index is 14.0. The van der Waals surface area contributed by atoms with E-state index in [9.17, 15) is 14.7 Å². The van der Waals surface area contributed by atoms with Crippen molar-refractivity contribution in [3.8, 4) is 0 Å². The van der Waals surface area contributed by atoms with Gasteiger partial charge in [0.25, 0.3) is 0 Å². The van der Waals surface area contributed by atoms with Gasteiger partial charge in [0.15, 0.2) is 12.1 Å². The van der Waals surface area contributed by atoms with Crippen LogP contribution in [0.4, 0.5) is 0 Å². The Hall–Kier alpha value is -1.56. The lowest BCUT2D eigenvalue weighted by Gasteiger charge is -2.47. The maximum atomic E-state index is 14.0. The highest BCUT2D eigenvalue weighted by Crippen LogP contribution is 2.38. The van der Waals surface area contributed by atoms with Crippen molar-refractivity contribution in [2.24, 2.45) is 17.3 Å². The van der Waals surface area contributed by atoms with Gasteiger partial charge in [0.1, 0.15) is 17.8 Å². The molecule has 0 bridgehead atoms. The van der Waals surface area contributed by atoms with Gasteiger partial charge in [-0.1, -0.05) is 13.8 Å². The molecule has 2 fully saturated rings. The fourth-order valence-electron chi connectivity index (χ4n) is 6.74. The number of esters is 1. The molecule has 10 heteroatoms. The number of aliphatic hydroxyl groups excluding tert-OH is 1. The number of ether oxygens (including phenoxy) is 4. The highest BCUT2D eigenvalue weighted by Gasteiger charge is 2.51. The van der Waals surface area contributed by atoms with E-state index in [4.69, 9.17) is 18.9 Å². The zero-order chi connectivity index (χ0) is 31.2. The number of carbonyl (C=O) groups is 2. The third-order valence-electron chi connectivity index (χ3n) is 9.48. The van der Waals surface area contributed by atoms with Crippen molar-refractivity contribution in [1.29, 1.82) is 0 Å². The van der Waals surface area contributed by atoms with Crippen LogP contribution in [-0.2, 0) is 28.5 Å². The fourth-order valence-corrected chi connectivity index (χ4v) is 6.74. The van der Waals surface area contributed by atoms with Crippen LogP contribution in [0.5, 0.6) is 0 Å². The molecule has 42 heavy (non-hydrogen) atoms. The van der Waals surface area contributed by atoms with Crippen LogP contribution in [0, 0.1) is 17.3 Å². The first-order valence-electron chi connectivity index (χ1n) is 15.8. The fraction of sp³-hybridized carbons (Fsp3) is 0.875. The van der Waals surface area contributed by atoms with Crippen LogP contribution < -0.4 is 5.32 Å². The number of likely N-dealkylation sites (N-methyl/N-ethyl adjacent to an activating group) is 1. The molecule has 3 aliphatic heterocycles. The third-order valence-corrected chi connectivity index (χ3v) is 9.48. The van der Waals surface area contributed by atoms with Gasteiger partial charge in [-0.25, -0.2) is 0 Å². The molecule has 0 unspecified atom stereocenters. The summed E-state index contributed by atoms with van der Waals surface area (Å²) < 4.78 is 24.5. The smallest absolute Gasteiger partial charge is 0.323 e. The molecule has 3 aliphatic rings. The maximum Gasteiger partial charge on any atom is 0.323 e. The van der Waals surface area contributed by atoms with Crippen molar-refractivity contribution in [3.05, 3.63) is 12.0 Å². The highest BCUT2D eigenvalue weighted by atomic mass is 16.7. The minimum absolute atomic E-state index is 0.125. The van der Waals surface area contributed by atoms with Crippen molar-refractivity contribution >= 4 is 11.8 Å². The average molecular weight is 596 g/mol. The van der Waals surface area contributed by atoms with Crippen molar-refractivity contribution < 1.29 is 33.6 Å². The van der Waals surface area contributed by atoms with Gasteiger partial charge in [-0.2, -0.15) is 0 Å². The number of nitrogens with one attached hydrogen (secondary N) is 1. The minimum Gasteiger partial charge on any atom is -0.432 e. The summed E-state index contributed by atoms with van der Waals surface area (Å²) in [6.45, 7) is 14.9. The second-order valence-corrected chi connectivity index (χ2v) is 13.8. The van der Waals surface area contributed by atoms with Crippen LogP contribution in [-0.4, -0.2) is 110 Å². The van der Waals surface area contributed by atoms with E-state index < -0.39 is 41.4 Å². The predicted molar refractivity (Wildman–Crippen MR) is 162 cm³/mol. The molecule has 0 radical (unpaired) electrons. The Balaban J connectivity index is 1.88. The second-order valence-electron chi connectivity index (χ2n) is 13.8. The molecule has 0 spiro atoms. The number of Topliss-reactive ketones (excluding diaryl/α,β-unsaturated/α-hetero) is 1. The number of methoxy groups -OCH3 is 1. The molecule has 8 atom stereocenters. The lowest BCUT2D eigenvalue weighted by atomic mass is 9.74. The zero-order valence-electron chi connectivity index (χ0n) is 27.5. The number of likely N-dealkylation sites (tertiary alicyclic amines) is 1. The largest absolute Gasteiger partial charge is 0.432 e. The molecule has 2 N–H and O–H groups in total. The number of rotatable bonds is 8. The van der Waals surface area contributed by atoms with Gasteiger partial charge in [0.2, 0.25) is 0 Å². The van der Waals surface area contributed by atoms with Gasteiger partial charge >= 0.3 is 5.97 Å². The third kappa shape index (κ3) is 8.54. The van der Waals surface area contributed by atoms with E-state index in [1.807, 2.05) is 32.8 Å². The summed E-state index contributed by atoms with van der Waals surface area (Å²) in [6, 6.07) is -0.169. The number of ketones is 1. The summed E-state index contributed by atoms with van der Waals surface area (Å²) in [5.74, 6) is -1.56. The molecule has 3 heterocycles. The Morgan fingerprint density at radius 2 is 1.81 bits per heavy atom. The van der Waals surface area contributed by atoms with Crippen LogP contribution in [0.2, 0.25) is 0 Å². The molecule has 0 aliphatic carbocycles. The van der Waals surface area contributed by atoms with Crippen LogP contribution in [0.3, 0.4) is 0 Å². The lowest BCUT2D eigenvalue weighted by molar-refractivity contribution is -0.295. The first kappa shape index (κ1) is 34.9. The van der Waals surface area contributed by atoms with Crippen LogP contribution in [0.15, 0.2) is 12.0 Å². The second kappa shape index (κ2) is 14.9. The summed E-state index contributed by atoms with van der Waals surface area (Å²) in [7, 11) is 5.47. The quantitative estimate of drug-likeness (QED) is 0.320. The monoisotopic (exact) mass is 595 g/mol. The van der Waals surface area contributed by atoms with E-state index in [-0.39, 0.29) is 23.8 Å². The molecule has 10 nitrogen and oxygen atoms in total. The van der Waals surface area contributed by atoms with Crippen molar-refractivity contribution in [2.45, 2.75) is 116 Å². The van der Waals surface area contributed by atoms with Gasteiger partial charge in [-0.15, -0.1) is 0 Å². The topological polar surface area (TPSA) is 110 Å². The molecule has 242 valence electrons. The molecular weight excluding hydrogens is 538 g/mol. The van der Waals surface area contributed by atoms with E-state index in [0.717, 1.165) is 38.2 Å². The van der Waals surface area contributed by atoms with Crippen molar-refractivity contribution in [1.82, 2.24) is 15.1 Å². The molecule has 0 aromatic carbocycles. The van der Waals surface area contributed by atoms with E-state index in [1.54, 1.807) is 27.9 Å². The van der Waals surface area contributed by atoms with E-state index in [2.05, 4.69) is 17.1 Å². The predicted octanol–water partition coefficient (Wildman–Crippen LogP) is 3.32. The molecule has 0 amide bonds. The summed E-state index contributed by atoms with van der Waals surface area (Å²) >= 11 is 0. The Labute approximate surface area is 253 Å². The zero-order valence-corrected chi connectivity index (χ0v) is 27.5. The first-order chi connectivity index (χ1) is 19.7. The van der Waals surface area contributed by atoms with E-state index in [1.165, 1.54) is 19.1 Å². The van der Waals surface area contributed by atoms with Gasteiger partial charge in [-0.3, -0.25) is 9.59 Å². The van der Waals surface area contributed by atoms with Crippen molar-refractivity contribution in [2.75, 3.05) is 47.4 Å². The Morgan fingerprint density at radius 3 is 2.43 bits per heavy atom. The Morgan fingerprint density at radius 1 is 1.14 bits per heavy atom. The number of allylic oxidation sites excluding steroid dienone is 1. The lowest BCUT2D eigenvalue weighted by Crippen LogP contribution is -2.59. The molecule has 2 saturated heterocycles. The molecular formula is C32H57N3O7. The summed E-state index contributed by atoms with van der Waals surface area (Å²) in [6.07, 6.45) is 4.10. The number of cyclic esters (lactones) is 1. The summed E-state index contributed by atoms with van der Waals surface area (Å²) in [5.41, 5.74) is -1.50. The number of carbonyl (C=O) groups excluding carboxylic acids is 2. The minimum atomic E-state index is -1.43. The Bertz CT molecular complexity index is 935. The van der Waals surface area contributed by atoms with Gasteiger partial charge in [0, 0.05) is 31.3 Å². The van der Waals surface area contributed by atoms with Gasteiger partial charge in [0.05, 0.1) is 17.8 Å². The first-order valence-corrected chi connectivity index (χ1v) is 15.8. The average Bonchev–Trinajstić information content (AvgIpc) is 3.46. The molecule has 0 aromatic rings. The van der Waals surface area contributed by atoms with E-state index >= 15 is 0 Å². The number of aliphatic hydroxyl groups is 1. The number of nitrogens with zero attached hydrogens (tertiary/aromatic N) is 2. The summed E-state index contributed by atoms with van der Waals surface area (Å²) in [4.78, 5) is 31.8. The number of hydrogen-bond donors (Lipinski definition) is 2.